The molecule has 2 rings (SSSR count). The first-order valence-electron chi connectivity index (χ1n) is 7.45. The largest absolute Gasteiger partial charge is 0.487 e. The van der Waals surface area contributed by atoms with Crippen LogP contribution in [0.4, 0.5) is 0 Å². The van der Waals surface area contributed by atoms with Crippen molar-refractivity contribution in [3.63, 3.8) is 0 Å². The highest BCUT2D eigenvalue weighted by Gasteiger charge is 2.50. The topological polar surface area (TPSA) is 27.7 Å². The maximum absolute atomic E-state index is 5.95. The lowest BCUT2D eigenvalue weighted by Gasteiger charge is -2.32. The smallest absolute Gasteiger partial charge is 0.400 e. The quantitative estimate of drug-likeness (QED) is 0.772. The van der Waals surface area contributed by atoms with Crippen LogP contribution in [0.3, 0.4) is 0 Å². The monoisotopic (exact) mass is 288 g/mol. The van der Waals surface area contributed by atoms with Gasteiger partial charge in [0.25, 0.3) is 0 Å². The van der Waals surface area contributed by atoms with Crippen LogP contribution in [-0.4, -0.2) is 24.9 Å². The van der Waals surface area contributed by atoms with E-state index < -0.39 is 0 Å². The summed E-state index contributed by atoms with van der Waals surface area (Å²) < 4.78 is 17.6. The Bertz CT molecular complexity index is 478. The predicted octanol–water partition coefficient (Wildman–Crippen LogP) is 3.78. The molecule has 1 heterocycles. The van der Waals surface area contributed by atoms with E-state index >= 15 is 0 Å². The molecule has 114 valence electrons. The second kappa shape index (κ2) is 6.35. The van der Waals surface area contributed by atoms with Crippen molar-refractivity contribution >= 4 is 7.12 Å². The summed E-state index contributed by atoms with van der Waals surface area (Å²) in [6.45, 7) is 11.5. The van der Waals surface area contributed by atoms with E-state index in [9.17, 15) is 0 Å². The van der Waals surface area contributed by atoms with Gasteiger partial charge < -0.3 is 14.0 Å². The van der Waals surface area contributed by atoms with Crippen LogP contribution in [0.2, 0.25) is 0 Å². The van der Waals surface area contributed by atoms with Crippen LogP contribution in [0.5, 0.6) is 0 Å². The molecule has 1 saturated heterocycles. The fourth-order valence-corrected chi connectivity index (χ4v) is 2.14. The van der Waals surface area contributed by atoms with E-state index in [0.29, 0.717) is 13.2 Å². The molecule has 1 aliphatic heterocycles. The molecular formula is C17H25BO3. The molecule has 21 heavy (non-hydrogen) atoms. The van der Waals surface area contributed by atoms with Gasteiger partial charge in [0.2, 0.25) is 0 Å². The standard InChI is InChI=1S/C17H25BO3/c1-14(12-19-13-15-9-7-6-8-10-15)11-18-20-16(2,3)17(4,5)21-18/h6-11H,12-13H2,1-5H3. The van der Waals surface area contributed by atoms with Crippen LogP contribution in [0.1, 0.15) is 40.2 Å². The van der Waals surface area contributed by atoms with Crippen LogP contribution in [0.25, 0.3) is 0 Å². The van der Waals surface area contributed by atoms with Crippen molar-refractivity contribution in [2.75, 3.05) is 6.61 Å². The zero-order chi connectivity index (χ0) is 15.5. The summed E-state index contributed by atoms with van der Waals surface area (Å²) in [6.07, 6.45) is 0. The summed E-state index contributed by atoms with van der Waals surface area (Å²) in [4.78, 5) is 0. The Morgan fingerprint density at radius 1 is 1.10 bits per heavy atom. The molecule has 3 nitrogen and oxygen atoms in total. The van der Waals surface area contributed by atoms with Crippen molar-refractivity contribution in [3.05, 3.63) is 47.4 Å². The SMILES string of the molecule is CC(=CB1OC(C)(C)C(C)(C)O1)COCc1ccccc1. The van der Waals surface area contributed by atoms with Gasteiger partial charge in [0.05, 0.1) is 24.4 Å². The van der Waals surface area contributed by atoms with Crippen molar-refractivity contribution in [1.29, 1.82) is 0 Å². The molecule has 1 aromatic carbocycles. The molecule has 1 aliphatic rings. The molecule has 0 radical (unpaired) electrons. The highest BCUT2D eigenvalue weighted by molar-refractivity contribution is 6.51. The number of hydrogen-bond donors (Lipinski definition) is 0. The third-order valence-electron chi connectivity index (χ3n) is 4.13. The molecular weight excluding hydrogens is 263 g/mol. The Morgan fingerprint density at radius 3 is 2.24 bits per heavy atom. The molecule has 1 fully saturated rings. The molecule has 1 aromatic rings. The van der Waals surface area contributed by atoms with Gasteiger partial charge in [-0.05, 0) is 40.2 Å². The van der Waals surface area contributed by atoms with E-state index in [4.69, 9.17) is 14.0 Å². The molecule has 0 spiro atoms. The van der Waals surface area contributed by atoms with Gasteiger partial charge in [-0.15, -0.1) is 0 Å². The molecule has 0 aliphatic carbocycles. The van der Waals surface area contributed by atoms with Gasteiger partial charge in [0, 0.05) is 0 Å². The van der Waals surface area contributed by atoms with E-state index in [1.54, 1.807) is 0 Å². The molecule has 0 bridgehead atoms. The van der Waals surface area contributed by atoms with Crippen molar-refractivity contribution in [1.82, 2.24) is 0 Å². The van der Waals surface area contributed by atoms with Crippen LogP contribution in [-0.2, 0) is 20.7 Å². The summed E-state index contributed by atoms with van der Waals surface area (Å²) in [5.74, 6) is 2.00. The lowest BCUT2D eigenvalue weighted by Crippen LogP contribution is -2.41. The minimum absolute atomic E-state index is 0.292. The fourth-order valence-electron chi connectivity index (χ4n) is 2.14. The summed E-state index contributed by atoms with van der Waals surface area (Å²) >= 11 is 0. The summed E-state index contributed by atoms with van der Waals surface area (Å²) in [7, 11) is -0.296. The van der Waals surface area contributed by atoms with Gasteiger partial charge in [-0.25, -0.2) is 0 Å². The third-order valence-corrected chi connectivity index (χ3v) is 4.13. The second-order valence-corrected chi connectivity index (χ2v) is 6.62. The highest BCUT2D eigenvalue weighted by atomic mass is 16.7. The van der Waals surface area contributed by atoms with Gasteiger partial charge in [-0.3, -0.25) is 0 Å². The Hall–Kier alpha value is -1.10. The molecule has 0 atom stereocenters. The number of benzene rings is 1. The lowest BCUT2D eigenvalue weighted by atomic mass is 9.87. The van der Waals surface area contributed by atoms with E-state index in [-0.39, 0.29) is 18.3 Å². The van der Waals surface area contributed by atoms with Crippen LogP contribution in [0.15, 0.2) is 41.9 Å². The van der Waals surface area contributed by atoms with Crippen molar-refractivity contribution in [2.24, 2.45) is 0 Å². The Morgan fingerprint density at radius 2 is 1.67 bits per heavy atom. The average Bonchev–Trinajstić information content (AvgIpc) is 2.58. The first-order chi connectivity index (χ1) is 9.80. The van der Waals surface area contributed by atoms with E-state index in [1.165, 1.54) is 5.56 Å². The number of ether oxygens (including phenoxy) is 1. The van der Waals surface area contributed by atoms with Crippen LogP contribution in [0, 0.1) is 0 Å². The summed E-state index contributed by atoms with van der Waals surface area (Å²) in [5, 5.41) is 0. The fraction of sp³-hybridized carbons (Fsp3) is 0.529. The van der Waals surface area contributed by atoms with Crippen LogP contribution >= 0.6 is 0 Å². The lowest BCUT2D eigenvalue weighted by molar-refractivity contribution is 0.00578. The van der Waals surface area contributed by atoms with E-state index in [0.717, 1.165) is 5.57 Å². The summed E-state index contributed by atoms with van der Waals surface area (Å²) in [6, 6.07) is 10.2. The van der Waals surface area contributed by atoms with Crippen molar-refractivity contribution in [3.8, 4) is 0 Å². The van der Waals surface area contributed by atoms with Gasteiger partial charge in [-0.1, -0.05) is 41.9 Å². The first kappa shape index (κ1) is 16.3. The molecule has 0 amide bonds. The molecule has 0 N–H and O–H groups in total. The highest BCUT2D eigenvalue weighted by Crippen LogP contribution is 2.37. The normalized spacial score (nSPS) is 20.8. The Balaban J connectivity index is 1.83. The van der Waals surface area contributed by atoms with Gasteiger partial charge in [0.15, 0.2) is 0 Å². The maximum Gasteiger partial charge on any atom is 0.487 e. The summed E-state index contributed by atoms with van der Waals surface area (Å²) in [5.41, 5.74) is 1.71. The maximum atomic E-state index is 5.95. The van der Waals surface area contributed by atoms with Crippen molar-refractivity contribution in [2.45, 2.75) is 52.4 Å². The molecule has 0 saturated carbocycles. The number of hydrogen-bond acceptors (Lipinski definition) is 3. The van der Waals surface area contributed by atoms with Crippen LogP contribution < -0.4 is 0 Å². The zero-order valence-electron chi connectivity index (χ0n) is 13.7. The second-order valence-electron chi connectivity index (χ2n) is 6.62. The molecule has 0 unspecified atom stereocenters. The van der Waals surface area contributed by atoms with Crippen molar-refractivity contribution < 1.29 is 14.0 Å². The van der Waals surface area contributed by atoms with Gasteiger partial charge in [-0.2, -0.15) is 0 Å². The first-order valence-corrected chi connectivity index (χ1v) is 7.45. The molecule has 4 heteroatoms. The Labute approximate surface area is 128 Å². The minimum atomic E-state index is -0.296. The number of rotatable bonds is 5. The Kier molecular flexibility index (Phi) is 4.92. The zero-order valence-corrected chi connectivity index (χ0v) is 13.7. The predicted molar refractivity (Wildman–Crippen MR) is 85.9 cm³/mol. The van der Waals surface area contributed by atoms with E-state index in [1.807, 2.05) is 31.1 Å². The third kappa shape index (κ3) is 4.19. The molecule has 0 aromatic heterocycles. The van der Waals surface area contributed by atoms with E-state index in [2.05, 4.69) is 39.8 Å². The van der Waals surface area contributed by atoms with Gasteiger partial charge >= 0.3 is 7.12 Å². The average molecular weight is 288 g/mol. The van der Waals surface area contributed by atoms with Gasteiger partial charge in [0.1, 0.15) is 0 Å². The minimum Gasteiger partial charge on any atom is -0.400 e.